The van der Waals surface area contributed by atoms with E-state index in [1.807, 2.05) is 19.2 Å². The average molecular weight is 444 g/mol. The maximum absolute atomic E-state index is 13.2. The number of likely N-dealkylation sites (N-methyl/N-ethyl adjacent to an activating group) is 1. The molecule has 0 unspecified atom stereocenters. The molecular weight excluding hydrogens is 421 g/mol. The molecule has 0 saturated heterocycles. The van der Waals surface area contributed by atoms with Crippen molar-refractivity contribution in [3.63, 3.8) is 0 Å². The molecule has 0 atom stereocenters. The predicted octanol–water partition coefficient (Wildman–Crippen LogP) is 5.26. The fraction of sp³-hybridized carbons (Fsp3) is 0.375. The van der Waals surface area contributed by atoms with E-state index < -0.39 is 17.3 Å². The second-order valence-corrected chi connectivity index (χ2v) is 8.64. The summed E-state index contributed by atoms with van der Waals surface area (Å²) in [6.07, 6.45) is 0.0111. The molecule has 2 aliphatic heterocycles. The zero-order chi connectivity index (χ0) is 22.5. The van der Waals surface area contributed by atoms with Crippen molar-refractivity contribution in [2.75, 3.05) is 30.4 Å². The molecule has 0 aromatic heterocycles. The number of nitrogens with zero attached hydrogens (tertiary/aromatic N) is 1. The number of amides is 1. The van der Waals surface area contributed by atoms with Crippen LogP contribution in [0, 0.1) is 0 Å². The van der Waals surface area contributed by atoms with Gasteiger partial charge in [0.15, 0.2) is 0 Å². The normalized spacial score (nSPS) is 20.0. The Bertz CT molecular complexity index is 1110. The van der Waals surface area contributed by atoms with Gasteiger partial charge in [0.05, 0.1) is 17.8 Å². The molecule has 8 heteroatoms. The molecule has 1 saturated carbocycles. The van der Waals surface area contributed by atoms with Crippen LogP contribution >= 0.6 is 0 Å². The lowest BCUT2D eigenvalue weighted by molar-refractivity contribution is -0.138. The van der Waals surface area contributed by atoms with Crippen LogP contribution in [-0.4, -0.2) is 31.7 Å². The van der Waals surface area contributed by atoms with Gasteiger partial charge in [0, 0.05) is 30.8 Å². The van der Waals surface area contributed by atoms with Gasteiger partial charge in [0.2, 0.25) is 5.91 Å². The average Bonchev–Trinajstić information content (AvgIpc) is 2.72. The number of anilines is 2. The van der Waals surface area contributed by atoms with E-state index in [0.717, 1.165) is 49.4 Å². The van der Waals surface area contributed by atoms with E-state index in [1.54, 1.807) is 6.07 Å². The van der Waals surface area contributed by atoms with Crippen LogP contribution in [0.15, 0.2) is 42.5 Å². The van der Waals surface area contributed by atoms with Crippen LogP contribution in [0.25, 0.3) is 5.57 Å². The van der Waals surface area contributed by atoms with Crippen molar-refractivity contribution in [1.29, 1.82) is 0 Å². The molecule has 168 valence electrons. The highest BCUT2D eigenvalue weighted by Crippen LogP contribution is 2.50. The van der Waals surface area contributed by atoms with Gasteiger partial charge in [-0.2, -0.15) is 13.2 Å². The smallest absolute Gasteiger partial charge is 0.416 e. The Balaban J connectivity index is 1.43. The molecule has 1 spiro atoms. The van der Waals surface area contributed by atoms with Crippen LogP contribution in [0.4, 0.5) is 24.5 Å². The third-order valence-electron chi connectivity index (χ3n) is 6.39. The van der Waals surface area contributed by atoms with Gasteiger partial charge >= 0.3 is 6.18 Å². The number of halogens is 3. The number of hydrogen-bond acceptors (Lipinski definition) is 4. The summed E-state index contributed by atoms with van der Waals surface area (Å²) in [5, 5.41) is 2.87. The van der Waals surface area contributed by atoms with E-state index in [2.05, 4.69) is 10.2 Å². The van der Waals surface area contributed by atoms with Crippen molar-refractivity contribution in [3.8, 4) is 11.5 Å². The molecule has 1 aliphatic carbocycles. The molecule has 1 amide bonds. The molecule has 0 radical (unpaired) electrons. The third-order valence-corrected chi connectivity index (χ3v) is 6.39. The lowest BCUT2D eigenvalue weighted by Crippen LogP contribution is -2.45. The summed E-state index contributed by atoms with van der Waals surface area (Å²) in [7, 11) is 1.96. The molecule has 3 aliphatic rings. The number of nitrogens with one attached hydrogen (secondary N) is 1. The number of alkyl halides is 3. The van der Waals surface area contributed by atoms with Crippen LogP contribution in [-0.2, 0) is 11.0 Å². The Morgan fingerprint density at radius 3 is 2.69 bits per heavy atom. The lowest BCUT2D eigenvalue weighted by Gasteiger charge is -2.46. The Kier molecular flexibility index (Phi) is 4.83. The largest absolute Gasteiger partial charge is 0.490 e. The first-order valence-corrected chi connectivity index (χ1v) is 10.6. The number of hydrogen-bond donors (Lipinski definition) is 1. The fourth-order valence-corrected chi connectivity index (χ4v) is 4.50. The zero-order valence-corrected chi connectivity index (χ0v) is 17.6. The van der Waals surface area contributed by atoms with Gasteiger partial charge in [0.1, 0.15) is 23.7 Å². The van der Waals surface area contributed by atoms with Gasteiger partial charge in [-0.15, -0.1) is 0 Å². The Morgan fingerprint density at radius 2 is 1.97 bits per heavy atom. The second-order valence-electron chi connectivity index (χ2n) is 8.64. The minimum atomic E-state index is -4.45. The Morgan fingerprint density at radius 1 is 1.16 bits per heavy atom. The predicted molar refractivity (Wildman–Crippen MR) is 115 cm³/mol. The van der Waals surface area contributed by atoms with E-state index >= 15 is 0 Å². The van der Waals surface area contributed by atoms with Crippen molar-refractivity contribution in [2.45, 2.75) is 37.5 Å². The molecule has 2 aromatic carbocycles. The first kappa shape index (κ1) is 20.7. The summed E-state index contributed by atoms with van der Waals surface area (Å²) in [5.74, 6) is 0.625. The summed E-state index contributed by atoms with van der Waals surface area (Å²) in [6.45, 7) is 1.37. The maximum atomic E-state index is 13.2. The minimum Gasteiger partial charge on any atom is -0.490 e. The van der Waals surface area contributed by atoms with Crippen molar-refractivity contribution in [3.05, 3.63) is 53.6 Å². The van der Waals surface area contributed by atoms with Crippen LogP contribution in [0.2, 0.25) is 0 Å². The molecule has 0 bridgehead atoms. The highest BCUT2D eigenvalue weighted by molar-refractivity contribution is 6.05. The van der Waals surface area contributed by atoms with Crippen LogP contribution in [0.1, 0.15) is 36.8 Å². The SMILES string of the molecule is CN1CCOc2ccc(NC(=O)C=C3CC4(CCC4)Oc4cc(C(F)(F)F)ccc43)cc21. The van der Waals surface area contributed by atoms with Crippen molar-refractivity contribution in [1.82, 2.24) is 0 Å². The minimum absolute atomic E-state index is 0.192. The van der Waals surface area contributed by atoms with Gasteiger partial charge < -0.3 is 19.7 Å². The zero-order valence-electron chi connectivity index (χ0n) is 17.6. The van der Waals surface area contributed by atoms with Crippen LogP contribution in [0.5, 0.6) is 11.5 Å². The van der Waals surface area contributed by atoms with Gasteiger partial charge in [0.25, 0.3) is 0 Å². The number of ether oxygens (including phenoxy) is 2. The van der Waals surface area contributed by atoms with E-state index in [1.165, 1.54) is 12.1 Å². The molecule has 5 nitrogen and oxygen atoms in total. The Labute approximate surface area is 183 Å². The fourth-order valence-electron chi connectivity index (χ4n) is 4.50. The van der Waals surface area contributed by atoms with Gasteiger partial charge in [-0.1, -0.05) is 6.07 Å². The summed E-state index contributed by atoms with van der Waals surface area (Å²) < 4.78 is 51.2. The number of carbonyl (C=O) groups is 1. The number of fused-ring (bicyclic) bond motifs is 2. The molecule has 2 aromatic rings. The number of benzene rings is 2. The molecule has 1 N–H and O–H groups in total. The Hall–Kier alpha value is -3.16. The molecular formula is C24H23F3N2O3. The first-order chi connectivity index (χ1) is 15.2. The summed E-state index contributed by atoms with van der Waals surface area (Å²) >= 11 is 0. The number of rotatable bonds is 2. The van der Waals surface area contributed by atoms with E-state index in [4.69, 9.17) is 9.47 Å². The maximum Gasteiger partial charge on any atom is 0.416 e. The van der Waals surface area contributed by atoms with Crippen LogP contribution in [0.3, 0.4) is 0 Å². The van der Waals surface area contributed by atoms with E-state index in [0.29, 0.717) is 29.9 Å². The monoisotopic (exact) mass is 444 g/mol. The van der Waals surface area contributed by atoms with Crippen molar-refractivity contribution >= 4 is 22.9 Å². The summed E-state index contributed by atoms with van der Waals surface area (Å²) in [4.78, 5) is 14.9. The quantitative estimate of drug-likeness (QED) is 0.642. The third kappa shape index (κ3) is 3.78. The topological polar surface area (TPSA) is 50.8 Å². The highest BCUT2D eigenvalue weighted by Gasteiger charge is 2.44. The number of carbonyl (C=O) groups excluding carboxylic acids is 1. The van der Waals surface area contributed by atoms with Crippen molar-refractivity contribution < 1.29 is 27.4 Å². The van der Waals surface area contributed by atoms with E-state index in [-0.39, 0.29) is 11.7 Å². The highest BCUT2D eigenvalue weighted by atomic mass is 19.4. The molecule has 2 heterocycles. The van der Waals surface area contributed by atoms with E-state index in [9.17, 15) is 18.0 Å². The van der Waals surface area contributed by atoms with Crippen LogP contribution < -0.4 is 19.7 Å². The second kappa shape index (κ2) is 7.46. The molecule has 5 rings (SSSR count). The summed E-state index contributed by atoms with van der Waals surface area (Å²) in [5.41, 5.74) is 1.47. The first-order valence-electron chi connectivity index (χ1n) is 10.6. The molecule has 32 heavy (non-hydrogen) atoms. The summed E-state index contributed by atoms with van der Waals surface area (Å²) in [6, 6.07) is 8.92. The molecule has 1 fully saturated rings. The van der Waals surface area contributed by atoms with Gasteiger partial charge in [-0.05, 0) is 55.2 Å². The lowest BCUT2D eigenvalue weighted by atomic mass is 9.72. The van der Waals surface area contributed by atoms with Gasteiger partial charge in [-0.3, -0.25) is 4.79 Å². The van der Waals surface area contributed by atoms with Crippen molar-refractivity contribution in [2.24, 2.45) is 0 Å². The van der Waals surface area contributed by atoms with Gasteiger partial charge in [-0.25, -0.2) is 0 Å². The standard InChI is InChI=1S/C24H23F3N2O3/c1-29-9-10-31-20-6-4-17(13-19(20)29)28-22(30)11-15-14-23(7-2-8-23)32-21-12-16(24(25,26)27)3-5-18(15)21/h3-6,11-13H,2,7-10,14H2,1H3,(H,28,30).